The number of para-hydroxylation sites is 3. The number of aromatic nitrogens is 3. The summed E-state index contributed by atoms with van der Waals surface area (Å²) in [7, 11) is 2.03. The molecule has 4 rings (SSSR count). The lowest BCUT2D eigenvalue weighted by Crippen LogP contribution is -2.05. The number of nitrogens with zero attached hydrogens (tertiary/aromatic N) is 4. The van der Waals surface area contributed by atoms with E-state index in [9.17, 15) is 0 Å². The Morgan fingerprint density at radius 3 is 2.57 bits per heavy atom. The number of hydrogen-bond acceptors (Lipinski definition) is 4. The Balaban J connectivity index is 1.65. The van der Waals surface area contributed by atoms with Gasteiger partial charge < -0.3 is 4.57 Å². The lowest BCUT2D eigenvalue weighted by atomic mass is 10.3. The number of rotatable bonds is 3. The van der Waals surface area contributed by atoms with Gasteiger partial charge >= 0.3 is 0 Å². The smallest absolute Gasteiger partial charge is 0.154 e. The van der Waals surface area contributed by atoms with Gasteiger partial charge in [0.05, 0.1) is 33.5 Å². The van der Waals surface area contributed by atoms with Crippen molar-refractivity contribution in [1.82, 2.24) is 14.5 Å². The van der Waals surface area contributed by atoms with E-state index in [1.807, 2.05) is 50.4 Å². The summed E-state index contributed by atoms with van der Waals surface area (Å²) in [6.07, 6.45) is 0. The second-order valence-electron chi connectivity index (χ2n) is 5.46. The summed E-state index contributed by atoms with van der Waals surface area (Å²) in [6.45, 7) is 2.60. The van der Waals surface area contributed by atoms with Crippen LogP contribution in [0.4, 0.5) is 0 Å². The lowest BCUT2D eigenvalue weighted by Gasteiger charge is -2.01. The molecule has 4 nitrogen and oxygen atoms in total. The molecule has 0 atom stereocenters. The van der Waals surface area contributed by atoms with Crippen LogP contribution < -0.4 is 0 Å². The Morgan fingerprint density at radius 2 is 1.78 bits per heavy atom. The van der Waals surface area contributed by atoms with Crippen LogP contribution in [0, 0.1) is 0 Å². The molecule has 0 fully saturated rings. The van der Waals surface area contributed by atoms with Crippen LogP contribution in [0.3, 0.4) is 0 Å². The molecular formula is C18H16N4S. The molecule has 0 unspecified atom stereocenters. The van der Waals surface area contributed by atoms with Crippen molar-refractivity contribution in [3.05, 3.63) is 59.4 Å². The van der Waals surface area contributed by atoms with Crippen molar-refractivity contribution in [1.29, 1.82) is 0 Å². The van der Waals surface area contributed by atoms with Crippen LogP contribution in [0.25, 0.3) is 21.3 Å². The van der Waals surface area contributed by atoms with Gasteiger partial charge in [-0.1, -0.05) is 24.3 Å². The maximum Gasteiger partial charge on any atom is 0.154 e. The number of hydrogen-bond donors (Lipinski definition) is 0. The van der Waals surface area contributed by atoms with E-state index in [0.717, 1.165) is 33.1 Å². The quantitative estimate of drug-likeness (QED) is 0.531. The molecule has 2 heterocycles. The van der Waals surface area contributed by atoms with Crippen LogP contribution in [0.1, 0.15) is 17.8 Å². The maximum absolute atomic E-state index is 4.70. The zero-order valence-corrected chi connectivity index (χ0v) is 13.8. The summed E-state index contributed by atoms with van der Waals surface area (Å²) in [5, 5.41) is 1.03. The Morgan fingerprint density at radius 1 is 1.04 bits per heavy atom. The van der Waals surface area contributed by atoms with Gasteiger partial charge in [0.1, 0.15) is 5.01 Å². The van der Waals surface area contributed by atoms with Crippen molar-refractivity contribution in [2.75, 3.05) is 0 Å². The third-order valence-electron chi connectivity index (χ3n) is 3.90. The Bertz CT molecular complexity index is 993. The van der Waals surface area contributed by atoms with Crippen LogP contribution >= 0.6 is 11.3 Å². The summed E-state index contributed by atoms with van der Waals surface area (Å²) < 4.78 is 3.30. The van der Waals surface area contributed by atoms with Gasteiger partial charge in [-0.2, -0.15) is 0 Å². The number of fused-ring (bicyclic) bond motifs is 2. The second kappa shape index (κ2) is 5.59. The van der Waals surface area contributed by atoms with Crippen LogP contribution in [0.5, 0.6) is 0 Å². The van der Waals surface area contributed by atoms with Crippen LogP contribution in [-0.2, 0) is 13.6 Å². The van der Waals surface area contributed by atoms with Gasteiger partial charge in [0.2, 0.25) is 0 Å². The lowest BCUT2D eigenvalue weighted by molar-refractivity contribution is 0.920. The van der Waals surface area contributed by atoms with E-state index in [-0.39, 0.29) is 0 Å². The van der Waals surface area contributed by atoms with Crippen molar-refractivity contribution >= 4 is 38.3 Å². The predicted molar refractivity (Wildman–Crippen MR) is 96.2 cm³/mol. The largest absolute Gasteiger partial charge is 0.326 e. The Kier molecular flexibility index (Phi) is 3.42. The number of aliphatic imine (C=N–C) groups is 1. The number of aryl methyl sites for hydroxylation is 1. The normalized spacial score (nSPS) is 12.3. The topological polar surface area (TPSA) is 43.1 Å². The summed E-state index contributed by atoms with van der Waals surface area (Å²) in [6, 6.07) is 16.3. The Labute approximate surface area is 138 Å². The monoisotopic (exact) mass is 320 g/mol. The highest BCUT2D eigenvalue weighted by Crippen LogP contribution is 2.22. The molecule has 0 aliphatic carbocycles. The summed E-state index contributed by atoms with van der Waals surface area (Å²) >= 11 is 1.70. The maximum atomic E-state index is 4.70. The zero-order chi connectivity index (χ0) is 15.8. The van der Waals surface area contributed by atoms with Crippen molar-refractivity contribution in [2.45, 2.75) is 13.5 Å². The van der Waals surface area contributed by atoms with E-state index in [4.69, 9.17) is 4.99 Å². The number of imidazole rings is 1. The number of benzene rings is 2. The molecule has 0 aliphatic heterocycles. The minimum Gasteiger partial charge on any atom is -0.326 e. The molecule has 5 heteroatoms. The molecule has 0 spiro atoms. The van der Waals surface area contributed by atoms with Gasteiger partial charge in [-0.25, -0.2) is 9.97 Å². The summed E-state index contributed by atoms with van der Waals surface area (Å²) in [5.74, 6) is 0.910. The van der Waals surface area contributed by atoms with Crippen molar-refractivity contribution in [2.24, 2.45) is 12.0 Å². The molecule has 0 amide bonds. The minimum absolute atomic E-state index is 0.592. The first-order chi connectivity index (χ1) is 11.2. The van der Waals surface area contributed by atoms with Gasteiger partial charge in [0.25, 0.3) is 0 Å². The average Bonchev–Trinajstić information content (AvgIpc) is 3.14. The van der Waals surface area contributed by atoms with Gasteiger partial charge in [-0.15, -0.1) is 11.3 Å². The molecule has 2 aromatic heterocycles. The summed E-state index contributed by atoms with van der Waals surface area (Å²) in [5.41, 5.74) is 4.10. The molecular weight excluding hydrogens is 304 g/mol. The van der Waals surface area contributed by atoms with Crippen molar-refractivity contribution in [3.8, 4) is 0 Å². The average molecular weight is 320 g/mol. The van der Waals surface area contributed by atoms with Gasteiger partial charge in [0, 0.05) is 7.05 Å². The molecule has 4 aromatic rings. The zero-order valence-electron chi connectivity index (χ0n) is 13.0. The van der Waals surface area contributed by atoms with Crippen molar-refractivity contribution in [3.63, 3.8) is 0 Å². The highest BCUT2D eigenvalue weighted by atomic mass is 32.1. The standard InChI is InChI=1S/C18H16N4S/c1-12(18-21-13-7-3-5-9-15(13)22(18)2)19-11-17-20-14-8-4-6-10-16(14)23-17/h3-10H,11H2,1-2H3. The van der Waals surface area contributed by atoms with E-state index >= 15 is 0 Å². The van der Waals surface area contributed by atoms with Gasteiger partial charge in [-0.3, -0.25) is 4.99 Å². The van der Waals surface area contributed by atoms with Crippen molar-refractivity contribution < 1.29 is 0 Å². The molecule has 23 heavy (non-hydrogen) atoms. The fourth-order valence-electron chi connectivity index (χ4n) is 2.71. The van der Waals surface area contributed by atoms with Gasteiger partial charge in [-0.05, 0) is 31.2 Å². The third-order valence-corrected chi connectivity index (χ3v) is 4.92. The van der Waals surface area contributed by atoms with E-state index in [1.165, 1.54) is 4.70 Å². The van der Waals surface area contributed by atoms with Crippen LogP contribution in [-0.4, -0.2) is 20.2 Å². The van der Waals surface area contributed by atoms with E-state index < -0.39 is 0 Å². The second-order valence-corrected chi connectivity index (χ2v) is 6.58. The highest BCUT2D eigenvalue weighted by Gasteiger charge is 2.10. The number of thiazole rings is 1. The first-order valence-electron chi connectivity index (χ1n) is 7.50. The van der Waals surface area contributed by atoms with Crippen LogP contribution in [0.15, 0.2) is 53.5 Å². The summed E-state index contributed by atoms with van der Waals surface area (Å²) in [4.78, 5) is 14.0. The Hall–Kier alpha value is -2.53. The third kappa shape index (κ3) is 2.53. The first kappa shape index (κ1) is 14.1. The molecule has 0 bridgehead atoms. The fraction of sp³-hybridized carbons (Fsp3) is 0.167. The molecule has 2 aromatic carbocycles. The SMILES string of the molecule is CC(=NCc1nc2ccccc2s1)c1nc2ccccc2n1C. The fourth-order valence-corrected chi connectivity index (χ4v) is 3.61. The first-order valence-corrected chi connectivity index (χ1v) is 8.31. The van der Waals surface area contributed by atoms with E-state index in [2.05, 4.69) is 26.7 Å². The van der Waals surface area contributed by atoms with Crippen LogP contribution in [0.2, 0.25) is 0 Å². The molecule has 0 saturated heterocycles. The van der Waals surface area contributed by atoms with E-state index in [0.29, 0.717) is 6.54 Å². The predicted octanol–water partition coefficient (Wildman–Crippen LogP) is 4.19. The molecule has 0 N–H and O–H groups in total. The van der Waals surface area contributed by atoms with E-state index in [1.54, 1.807) is 11.3 Å². The minimum atomic E-state index is 0.592. The van der Waals surface area contributed by atoms with Gasteiger partial charge in [0.15, 0.2) is 5.82 Å². The molecule has 0 radical (unpaired) electrons. The molecule has 0 aliphatic rings. The molecule has 114 valence electrons. The highest BCUT2D eigenvalue weighted by molar-refractivity contribution is 7.18. The molecule has 0 saturated carbocycles.